The predicted molar refractivity (Wildman–Crippen MR) is 110 cm³/mol. The molecule has 0 unspecified atom stereocenters. The monoisotopic (exact) mass is 374 g/mol. The number of methoxy groups -OCH3 is 1. The molecule has 3 heterocycles. The van der Waals surface area contributed by atoms with Gasteiger partial charge >= 0.3 is 0 Å². The Hall–Kier alpha value is -3.41. The molecule has 0 saturated carbocycles. The maximum absolute atomic E-state index is 6.01. The Labute approximate surface area is 164 Å². The molecule has 1 aliphatic heterocycles. The Morgan fingerprint density at radius 3 is 2.82 bits per heavy atom. The number of ether oxygens (including phenoxy) is 2. The van der Waals surface area contributed by atoms with E-state index in [2.05, 4.69) is 29.0 Å². The zero-order valence-electron chi connectivity index (χ0n) is 16.0. The number of hydrazone groups is 1. The molecular formula is C22H22N4O2. The van der Waals surface area contributed by atoms with Crippen LogP contribution < -0.4 is 9.47 Å². The van der Waals surface area contributed by atoms with E-state index < -0.39 is 0 Å². The third-order valence-corrected chi connectivity index (χ3v) is 4.54. The third kappa shape index (κ3) is 3.96. The number of aromatic nitrogens is 2. The normalized spacial score (nSPS) is 13.5. The number of allylic oxidation sites excluding steroid dienone is 1. The highest BCUT2D eigenvalue weighted by atomic mass is 16.5. The Kier molecular flexibility index (Phi) is 5.19. The lowest BCUT2D eigenvalue weighted by Gasteiger charge is -2.20. The van der Waals surface area contributed by atoms with E-state index in [0.717, 1.165) is 40.2 Å². The van der Waals surface area contributed by atoms with Crippen LogP contribution in [0, 0.1) is 6.92 Å². The van der Waals surface area contributed by atoms with Crippen LogP contribution in [0.15, 0.2) is 66.2 Å². The predicted octanol–water partition coefficient (Wildman–Crippen LogP) is 3.95. The Morgan fingerprint density at radius 2 is 1.96 bits per heavy atom. The molecule has 142 valence electrons. The van der Waals surface area contributed by atoms with E-state index in [4.69, 9.17) is 14.6 Å². The molecular weight excluding hydrogens is 352 g/mol. The molecule has 0 fully saturated rings. The highest BCUT2D eigenvalue weighted by molar-refractivity contribution is 6.00. The minimum atomic E-state index is 0.507. The molecule has 28 heavy (non-hydrogen) atoms. The van der Waals surface area contributed by atoms with E-state index in [1.165, 1.54) is 5.56 Å². The fourth-order valence-electron chi connectivity index (χ4n) is 3.09. The van der Waals surface area contributed by atoms with Crippen LogP contribution in [0.4, 0.5) is 0 Å². The van der Waals surface area contributed by atoms with E-state index >= 15 is 0 Å². The lowest BCUT2D eigenvalue weighted by Crippen LogP contribution is -2.23. The maximum atomic E-state index is 6.01. The number of fused-ring (bicyclic) bond motifs is 1. The first-order valence-electron chi connectivity index (χ1n) is 9.22. The van der Waals surface area contributed by atoms with Gasteiger partial charge in [-0.1, -0.05) is 6.08 Å². The molecule has 0 atom stereocenters. The van der Waals surface area contributed by atoms with Crippen molar-refractivity contribution in [1.82, 2.24) is 15.0 Å². The average Bonchev–Trinajstić information content (AvgIpc) is 2.73. The van der Waals surface area contributed by atoms with Crippen molar-refractivity contribution in [3.8, 4) is 11.5 Å². The summed E-state index contributed by atoms with van der Waals surface area (Å²) < 4.78 is 11.3. The van der Waals surface area contributed by atoms with E-state index in [-0.39, 0.29) is 0 Å². The van der Waals surface area contributed by atoms with Gasteiger partial charge in [0.15, 0.2) is 0 Å². The summed E-state index contributed by atoms with van der Waals surface area (Å²) >= 11 is 0. The molecule has 0 spiro atoms. The second-order valence-electron chi connectivity index (χ2n) is 6.56. The zero-order valence-corrected chi connectivity index (χ0v) is 16.0. The zero-order chi connectivity index (χ0) is 19.3. The van der Waals surface area contributed by atoms with Crippen LogP contribution in [0.5, 0.6) is 11.5 Å². The van der Waals surface area contributed by atoms with Crippen LogP contribution in [-0.4, -0.2) is 40.9 Å². The van der Waals surface area contributed by atoms with Crippen LogP contribution in [0.3, 0.4) is 0 Å². The number of pyridine rings is 2. The van der Waals surface area contributed by atoms with E-state index in [1.807, 2.05) is 47.7 Å². The minimum absolute atomic E-state index is 0.507. The lowest BCUT2D eigenvalue weighted by atomic mass is 10.1. The van der Waals surface area contributed by atoms with Gasteiger partial charge in [0.2, 0.25) is 0 Å². The van der Waals surface area contributed by atoms with Gasteiger partial charge in [-0.2, -0.15) is 5.10 Å². The van der Waals surface area contributed by atoms with Gasteiger partial charge < -0.3 is 9.47 Å². The highest BCUT2D eigenvalue weighted by Crippen LogP contribution is 2.27. The smallest absolute Gasteiger partial charge is 0.130 e. The summed E-state index contributed by atoms with van der Waals surface area (Å²) in [5.74, 6) is 1.58. The fourth-order valence-corrected chi connectivity index (χ4v) is 3.09. The molecule has 0 saturated heterocycles. The number of rotatable bonds is 6. The number of aryl methyl sites for hydroxylation is 1. The Bertz CT molecular complexity index is 1050. The molecule has 4 rings (SSSR count). The van der Waals surface area contributed by atoms with E-state index in [9.17, 15) is 0 Å². The molecule has 0 amide bonds. The van der Waals surface area contributed by atoms with Gasteiger partial charge in [0.05, 0.1) is 30.6 Å². The number of benzene rings is 1. The summed E-state index contributed by atoms with van der Waals surface area (Å²) in [6, 6.07) is 11.7. The molecule has 6 nitrogen and oxygen atoms in total. The van der Waals surface area contributed by atoms with Gasteiger partial charge in [0.1, 0.15) is 18.1 Å². The molecule has 0 bridgehead atoms. The average molecular weight is 374 g/mol. The Balaban J connectivity index is 1.43. The summed E-state index contributed by atoms with van der Waals surface area (Å²) in [6.45, 7) is 3.21. The second-order valence-corrected chi connectivity index (χ2v) is 6.56. The number of hydrogen-bond acceptors (Lipinski definition) is 6. The quantitative estimate of drug-likeness (QED) is 0.654. The molecule has 6 heteroatoms. The van der Waals surface area contributed by atoms with Crippen molar-refractivity contribution in [1.29, 1.82) is 0 Å². The first-order valence-corrected chi connectivity index (χ1v) is 9.22. The van der Waals surface area contributed by atoms with Gasteiger partial charge in [0, 0.05) is 36.5 Å². The highest BCUT2D eigenvalue weighted by Gasteiger charge is 2.11. The Morgan fingerprint density at radius 1 is 1.07 bits per heavy atom. The van der Waals surface area contributed by atoms with Gasteiger partial charge in [0.25, 0.3) is 0 Å². The van der Waals surface area contributed by atoms with Crippen molar-refractivity contribution < 1.29 is 9.47 Å². The summed E-state index contributed by atoms with van der Waals surface area (Å²) in [4.78, 5) is 8.82. The minimum Gasteiger partial charge on any atom is -0.497 e. The van der Waals surface area contributed by atoms with Crippen molar-refractivity contribution >= 4 is 16.6 Å². The van der Waals surface area contributed by atoms with Crippen LogP contribution in [-0.2, 0) is 0 Å². The largest absolute Gasteiger partial charge is 0.497 e. The lowest BCUT2D eigenvalue weighted by molar-refractivity contribution is 0.259. The SMILES string of the molecule is COc1ccc2c(OCCN3C=CCC(c4cc(C)ccn4)=N3)ccnc2c1. The van der Waals surface area contributed by atoms with Crippen molar-refractivity contribution in [2.24, 2.45) is 5.10 Å². The first-order chi connectivity index (χ1) is 13.7. The first kappa shape index (κ1) is 18.0. The van der Waals surface area contributed by atoms with Gasteiger partial charge in [-0.05, 0) is 42.8 Å². The molecule has 0 radical (unpaired) electrons. The molecule has 1 aromatic carbocycles. The fraction of sp³-hybridized carbons (Fsp3) is 0.227. The summed E-state index contributed by atoms with van der Waals surface area (Å²) in [5.41, 5.74) is 3.91. The van der Waals surface area contributed by atoms with Crippen molar-refractivity contribution in [3.05, 3.63) is 72.3 Å². The second kappa shape index (κ2) is 8.08. The summed E-state index contributed by atoms with van der Waals surface area (Å²) in [7, 11) is 1.65. The topological polar surface area (TPSA) is 59.8 Å². The van der Waals surface area contributed by atoms with Crippen molar-refractivity contribution in [3.63, 3.8) is 0 Å². The summed E-state index contributed by atoms with van der Waals surface area (Å²) in [6.07, 6.45) is 8.43. The summed E-state index contributed by atoms with van der Waals surface area (Å²) in [5, 5.41) is 7.56. The molecule has 2 aromatic heterocycles. The van der Waals surface area contributed by atoms with Crippen LogP contribution >= 0.6 is 0 Å². The van der Waals surface area contributed by atoms with E-state index in [0.29, 0.717) is 13.2 Å². The number of hydrogen-bond donors (Lipinski definition) is 0. The van der Waals surface area contributed by atoms with Gasteiger partial charge in [-0.15, -0.1) is 0 Å². The standard InChI is InChI=1S/C22H22N4O2/c1-16-7-9-24-21(14-16)19-4-3-11-26(25-19)12-13-28-22-8-10-23-20-15-17(27-2)5-6-18(20)22/h3,5-11,14-15H,4,12-13H2,1-2H3. The van der Waals surface area contributed by atoms with Gasteiger partial charge in [-0.3, -0.25) is 15.0 Å². The van der Waals surface area contributed by atoms with Gasteiger partial charge in [-0.25, -0.2) is 0 Å². The van der Waals surface area contributed by atoms with Crippen LogP contribution in [0.1, 0.15) is 17.7 Å². The molecule has 0 N–H and O–H groups in total. The maximum Gasteiger partial charge on any atom is 0.130 e. The van der Waals surface area contributed by atoms with Crippen molar-refractivity contribution in [2.75, 3.05) is 20.3 Å². The third-order valence-electron chi connectivity index (χ3n) is 4.54. The van der Waals surface area contributed by atoms with Crippen molar-refractivity contribution in [2.45, 2.75) is 13.3 Å². The van der Waals surface area contributed by atoms with Crippen LogP contribution in [0.2, 0.25) is 0 Å². The number of nitrogens with zero attached hydrogens (tertiary/aromatic N) is 4. The molecule has 0 aliphatic carbocycles. The molecule has 3 aromatic rings. The van der Waals surface area contributed by atoms with E-state index in [1.54, 1.807) is 13.3 Å². The van der Waals surface area contributed by atoms with Crippen LogP contribution in [0.25, 0.3) is 10.9 Å². The molecule has 1 aliphatic rings.